The van der Waals surface area contributed by atoms with Crippen LogP contribution < -0.4 is 10.2 Å². The maximum absolute atomic E-state index is 3.56. The van der Waals surface area contributed by atoms with Crippen molar-refractivity contribution in [2.45, 2.75) is 45.2 Å². The third-order valence-electron chi connectivity index (χ3n) is 5.09. The van der Waals surface area contributed by atoms with E-state index in [0.29, 0.717) is 6.04 Å². The van der Waals surface area contributed by atoms with Gasteiger partial charge in [0.2, 0.25) is 0 Å². The number of fused-ring (bicyclic) bond motifs is 1. The van der Waals surface area contributed by atoms with Gasteiger partial charge < -0.3 is 10.2 Å². The summed E-state index contributed by atoms with van der Waals surface area (Å²) in [6, 6.07) is 10.1. The molecule has 0 spiro atoms. The molecule has 1 aromatic carbocycles. The summed E-state index contributed by atoms with van der Waals surface area (Å²) in [7, 11) is 0. The second kappa shape index (κ2) is 6.80. The van der Waals surface area contributed by atoms with E-state index in [-0.39, 0.29) is 0 Å². The van der Waals surface area contributed by atoms with E-state index < -0.39 is 0 Å². The summed E-state index contributed by atoms with van der Waals surface area (Å²) in [5.41, 5.74) is 2.89. The van der Waals surface area contributed by atoms with Crippen LogP contribution in [-0.4, -0.2) is 43.7 Å². The number of nitrogens with one attached hydrogen (secondary N) is 1. The van der Waals surface area contributed by atoms with Crippen molar-refractivity contribution in [3.63, 3.8) is 0 Å². The van der Waals surface area contributed by atoms with Crippen molar-refractivity contribution in [1.29, 1.82) is 0 Å². The molecule has 21 heavy (non-hydrogen) atoms. The minimum atomic E-state index is 0.426. The number of piperidine rings is 1. The van der Waals surface area contributed by atoms with E-state index in [1.807, 2.05) is 0 Å². The molecule has 0 bridgehead atoms. The molecule has 2 heterocycles. The molecule has 2 atom stereocenters. The van der Waals surface area contributed by atoms with Crippen LogP contribution in [0.15, 0.2) is 24.3 Å². The fourth-order valence-electron chi connectivity index (χ4n) is 3.93. The van der Waals surface area contributed by atoms with E-state index in [1.165, 1.54) is 56.7 Å². The highest BCUT2D eigenvalue weighted by atomic mass is 15.3. The molecule has 1 aromatic rings. The Hall–Kier alpha value is -1.06. The highest BCUT2D eigenvalue weighted by molar-refractivity contribution is 5.55. The van der Waals surface area contributed by atoms with Gasteiger partial charge in [-0.3, -0.25) is 4.90 Å². The Balaban J connectivity index is 1.77. The number of rotatable bonds is 4. The lowest BCUT2D eigenvalue weighted by molar-refractivity contribution is 0.133. The first-order valence-electron chi connectivity index (χ1n) is 8.61. The lowest BCUT2D eigenvalue weighted by atomic mass is 9.98. The van der Waals surface area contributed by atoms with Gasteiger partial charge in [0.25, 0.3) is 0 Å². The van der Waals surface area contributed by atoms with Crippen molar-refractivity contribution in [2.75, 3.05) is 37.6 Å². The molecule has 0 amide bonds. The van der Waals surface area contributed by atoms with Crippen molar-refractivity contribution in [2.24, 2.45) is 0 Å². The Morgan fingerprint density at radius 3 is 2.90 bits per heavy atom. The molecule has 2 aliphatic heterocycles. The van der Waals surface area contributed by atoms with Crippen LogP contribution in [0.5, 0.6) is 0 Å². The van der Waals surface area contributed by atoms with Crippen molar-refractivity contribution in [3.8, 4) is 0 Å². The Labute approximate surface area is 129 Å². The zero-order valence-corrected chi connectivity index (χ0v) is 13.5. The molecule has 3 rings (SSSR count). The Morgan fingerprint density at radius 2 is 2.05 bits per heavy atom. The average Bonchev–Trinajstić information content (AvgIpc) is 2.54. The molecule has 2 fully saturated rings. The zero-order chi connectivity index (χ0) is 14.7. The average molecular weight is 287 g/mol. The fraction of sp³-hybridized carbons (Fsp3) is 0.667. The van der Waals surface area contributed by atoms with Gasteiger partial charge in [0, 0.05) is 37.4 Å². The van der Waals surface area contributed by atoms with Gasteiger partial charge >= 0.3 is 0 Å². The highest BCUT2D eigenvalue weighted by Crippen LogP contribution is 2.30. The molecular weight excluding hydrogens is 258 g/mol. The number of para-hydroxylation sites is 1. The van der Waals surface area contributed by atoms with Crippen LogP contribution in [0.4, 0.5) is 5.69 Å². The molecule has 0 saturated carbocycles. The molecule has 1 N–H and O–H groups in total. The minimum Gasteiger partial charge on any atom is -0.368 e. The number of piperazine rings is 1. The summed E-state index contributed by atoms with van der Waals surface area (Å²) >= 11 is 0. The molecule has 3 heteroatoms. The highest BCUT2D eigenvalue weighted by Gasteiger charge is 2.29. The topological polar surface area (TPSA) is 18.5 Å². The van der Waals surface area contributed by atoms with Crippen LogP contribution >= 0.6 is 0 Å². The predicted octanol–water partition coefficient (Wildman–Crippen LogP) is 3.03. The molecular formula is C18H29N3. The van der Waals surface area contributed by atoms with Crippen LogP contribution in [0.3, 0.4) is 0 Å². The standard InChI is InChI=1S/C18H29N3/c1-3-19-15(2)17-9-4-5-10-18(17)21-13-12-20-11-7-6-8-16(20)14-21/h4-5,9-10,15-16,19H,3,6-8,11-14H2,1-2H3. The lowest BCUT2D eigenvalue weighted by Crippen LogP contribution is -2.55. The molecule has 2 saturated heterocycles. The maximum atomic E-state index is 3.56. The van der Waals surface area contributed by atoms with Gasteiger partial charge in [0.05, 0.1) is 0 Å². The van der Waals surface area contributed by atoms with E-state index in [4.69, 9.17) is 0 Å². The normalized spacial score (nSPS) is 24.7. The van der Waals surface area contributed by atoms with E-state index in [0.717, 1.165) is 12.6 Å². The van der Waals surface area contributed by atoms with Gasteiger partial charge in [-0.2, -0.15) is 0 Å². The SMILES string of the molecule is CCNC(C)c1ccccc1N1CCN2CCCCC2C1. The first-order chi connectivity index (χ1) is 10.3. The number of anilines is 1. The maximum Gasteiger partial charge on any atom is 0.0415 e. The zero-order valence-electron chi connectivity index (χ0n) is 13.5. The molecule has 0 aliphatic carbocycles. The van der Waals surface area contributed by atoms with Crippen LogP contribution in [-0.2, 0) is 0 Å². The summed E-state index contributed by atoms with van der Waals surface area (Å²) in [5.74, 6) is 0. The van der Waals surface area contributed by atoms with Gasteiger partial charge in [0.15, 0.2) is 0 Å². The molecule has 2 aliphatic rings. The first-order valence-corrected chi connectivity index (χ1v) is 8.61. The molecule has 2 unspecified atom stereocenters. The number of hydrogen-bond acceptors (Lipinski definition) is 3. The van der Waals surface area contributed by atoms with Gasteiger partial charge in [-0.05, 0) is 44.5 Å². The molecule has 116 valence electrons. The number of nitrogens with zero attached hydrogens (tertiary/aromatic N) is 2. The second-order valence-corrected chi connectivity index (χ2v) is 6.47. The van der Waals surface area contributed by atoms with Crippen molar-refractivity contribution in [1.82, 2.24) is 10.2 Å². The largest absolute Gasteiger partial charge is 0.368 e. The van der Waals surface area contributed by atoms with Crippen LogP contribution in [0.25, 0.3) is 0 Å². The number of hydrogen-bond donors (Lipinski definition) is 1. The lowest BCUT2D eigenvalue weighted by Gasteiger charge is -2.45. The van der Waals surface area contributed by atoms with E-state index in [2.05, 4.69) is 53.2 Å². The summed E-state index contributed by atoms with van der Waals surface area (Å²) in [6.07, 6.45) is 4.18. The van der Waals surface area contributed by atoms with Crippen LogP contribution in [0.2, 0.25) is 0 Å². The monoisotopic (exact) mass is 287 g/mol. The van der Waals surface area contributed by atoms with Crippen LogP contribution in [0.1, 0.15) is 44.7 Å². The van der Waals surface area contributed by atoms with Crippen molar-refractivity contribution >= 4 is 5.69 Å². The molecule has 3 nitrogen and oxygen atoms in total. The fourth-order valence-corrected chi connectivity index (χ4v) is 3.93. The van der Waals surface area contributed by atoms with Gasteiger partial charge in [-0.25, -0.2) is 0 Å². The summed E-state index contributed by atoms with van der Waals surface area (Å²) in [6.45, 7) is 10.4. The molecule has 0 radical (unpaired) electrons. The summed E-state index contributed by atoms with van der Waals surface area (Å²) in [5, 5.41) is 3.56. The quantitative estimate of drug-likeness (QED) is 0.918. The Kier molecular flexibility index (Phi) is 4.81. The van der Waals surface area contributed by atoms with Crippen molar-refractivity contribution in [3.05, 3.63) is 29.8 Å². The van der Waals surface area contributed by atoms with Gasteiger partial charge in [-0.15, -0.1) is 0 Å². The van der Waals surface area contributed by atoms with E-state index >= 15 is 0 Å². The Morgan fingerprint density at radius 1 is 1.19 bits per heavy atom. The van der Waals surface area contributed by atoms with E-state index in [9.17, 15) is 0 Å². The minimum absolute atomic E-state index is 0.426. The summed E-state index contributed by atoms with van der Waals surface area (Å²) < 4.78 is 0. The van der Waals surface area contributed by atoms with Gasteiger partial charge in [0.1, 0.15) is 0 Å². The van der Waals surface area contributed by atoms with Gasteiger partial charge in [-0.1, -0.05) is 31.5 Å². The smallest absolute Gasteiger partial charge is 0.0415 e. The van der Waals surface area contributed by atoms with Crippen LogP contribution in [0, 0.1) is 0 Å². The first kappa shape index (κ1) is 14.9. The summed E-state index contributed by atoms with van der Waals surface area (Å²) in [4.78, 5) is 5.33. The van der Waals surface area contributed by atoms with E-state index in [1.54, 1.807) is 0 Å². The molecule has 0 aromatic heterocycles. The van der Waals surface area contributed by atoms with Crippen molar-refractivity contribution < 1.29 is 0 Å². The second-order valence-electron chi connectivity index (χ2n) is 6.47. The number of benzene rings is 1. The predicted molar refractivity (Wildman–Crippen MR) is 90.0 cm³/mol. The third-order valence-corrected chi connectivity index (χ3v) is 5.09. The third kappa shape index (κ3) is 3.24. The Bertz CT molecular complexity index is 460.